The van der Waals surface area contributed by atoms with E-state index in [-0.39, 0.29) is 12.1 Å². The highest BCUT2D eigenvalue weighted by Gasteiger charge is 2.45. The summed E-state index contributed by atoms with van der Waals surface area (Å²) in [6.45, 7) is 8.14. The third-order valence-corrected chi connectivity index (χ3v) is 7.12. The minimum atomic E-state index is -0.481. The van der Waals surface area contributed by atoms with Crippen LogP contribution in [0.4, 0.5) is 14.9 Å². The van der Waals surface area contributed by atoms with Crippen molar-refractivity contribution in [2.24, 2.45) is 5.92 Å². The van der Waals surface area contributed by atoms with E-state index in [1.807, 2.05) is 37.1 Å². The van der Waals surface area contributed by atoms with Crippen molar-refractivity contribution < 1.29 is 9.53 Å². The number of nitrogens with zero attached hydrogens (tertiary/aromatic N) is 3. The molecule has 0 spiro atoms. The van der Waals surface area contributed by atoms with Gasteiger partial charge in [-0.1, -0.05) is 22.9 Å². The average Bonchev–Trinajstić information content (AvgIpc) is 3.27. The number of amides is 1. The second-order valence-electron chi connectivity index (χ2n) is 8.03. The molecule has 2 atom stereocenters. The molecule has 0 bridgehead atoms. The van der Waals surface area contributed by atoms with Gasteiger partial charge in [0.05, 0.1) is 15.9 Å². The summed E-state index contributed by atoms with van der Waals surface area (Å²) < 4.78 is 5.60. The number of rotatable bonds is 2. The summed E-state index contributed by atoms with van der Waals surface area (Å²) in [5.41, 5.74) is 6.43. The van der Waals surface area contributed by atoms with Gasteiger partial charge in [0.25, 0.3) is 0 Å². The van der Waals surface area contributed by atoms with Crippen molar-refractivity contribution in [3.8, 4) is 10.6 Å². The number of carbonyl (C=O) groups excluding carboxylic acids is 1. The Hall–Kier alpha value is -1.51. The maximum atomic E-state index is 12.6. The number of aromatic nitrogens is 1. The number of carbonyl (C=O) groups is 1. The highest BCUT2D eigenvalue weighted by molar-refractivity contribution is 7.20. The SMILES string of the molecule is CC(C)(C)OC(=O)N1CCC2CN(c3sc(N)nc3-c3cc(Cl)cs3)CC21. The molecule has 2 aliphatic rings. The van der Waals surface area contributed by atoms with Gasteiger partial charge in [0.1, 0.15) is 16.3 Å². The van der Waals surface area contributed by atoms with Crippen LogP contribution in [0.2, 0.25) is 5.02 Å². The zero-order valence-electron chi connectivity index (χ0n) is 15.6. The van der Waals surface area contributed by atoms with Crippen LogP contribution in [0.5, 0.6) is 0 Å². The fourth-order valence-corrected chi connectivity index (χ4v) is 5.81. The highest BCUT2D eigenvalue weighted by Crippen LogP contribution is 2.44. The number of fused-ring (bicyclic) bond motifs is 1. The average molecular weight is 427 g/mol. The zero-order chi connectivity index (χ0) is 19.3. The predicted molar refractivity (Wildman–Crippen MR) is 112 cm³/mol. The topological polar surface area (TPSA) is 71.7 Å². The summed E-state index contributed by atoms with van der Waals surface area (Å²) in [5.74, 6) is 0.445. The van der Waals surface area contributed by atoms with Gasteiger partial charge in [-0.05, 0) is 33.3 Å². The van der Waals surface area contributed by atoms with E-state index in [0.717, 1.165) is 41.6 Å². The summed E-state index contributed by atoms with van der Waals surface area (Å²) >= 11 is 9.16. The standard InChI is InChI=1S/C18H23ClN4O2S2/c1-18(2,3)25-17(24)23-5-4-10-7-22(8-12(10)23)15-14(21-16(20)27-15)13-6-11(19)9-26-13/h6,9-10,12H,4-5,7-8H2,1-3H3,(H2,20,21). The van der Waals surface area contributed by atoms with Crippen molar-refractivity contribution in [3.63, 3.8) is 0 Å². The molecule has 4 heterocycles. The Bertz CT molecular complexity index is 860. The molecule has 146 valence electrons. The maximum Gasteiger partial charge on any atom is 0.410 e. The van der Waals surface area contributed by atoms with E-state index in [4.69, 9.17) is 22.1 Å². The van der Waals surface area contributed by atoms with Gasteiger partial charge in [0.2, 0.25) is 0 Å². The van der Waals surface area contributed by atoms with Gasteiger partial charge in [-0.15, -0.1) is 11.3 Å². The third kappa shape index (κ3) is 3.75. The minimum absolute atomic E-state index is 0.169. The molecule has 0 saturated carbocycles. The first-order valence-electron chi connectivity index (χ1n) is 8.96. The molecular formula is C18H23ClN4O2S2. The van der Waals surface area contributed by atoms with Crippen LogP contribution < -0.4 is 10.6 Å². The molecule has 2 unspecified atom stereocenters. The van der Waals surface area contributed by atoms with Gasteiger partial charge in [0, 0.05) is 30.9 Å². The van der Waals surface area contributed by atoms with Crippen molar-refractivity contribution >= 4 is 50.5 Å². The summed E-state index contributed by atoms with van der Waals surface area (Å²) in [6.07, 6.45) is 0.778. The summed E-state index contributed by atoms with van der Waals surface area (Å²) in [7, 11) is 0. The first-order chi connectivity index (χ1) is 12.7. The number of nitrogen functional groups attached to an aromatic ring is 1. The largest absolute Gasteiger partial charge is 0.444 e. The summed E-state index contributed by atoms with van der Waals surface area (Å²) in [4.78, 5) is 22.3. The van der Waals surface area contributed by atoms with Crippen LogP contribution in [0.15, 0.2) is 11.4 Å². The maximum absolute atomic E-state index is 12.6. The molecule has 2 N–H and O–H groups in total. The molecule has 0 aromatic carbocycles. The number of hydrogen-bond acceptors (Lipinski definition) is 7. The molecule has 0 radical (unpaired) electrons. The van der Waals surface area contributed by atoms with E-state index < -0.39 is 5.60 Å². The number of likely N-dealkylation sites (tertiary alicyclic amines) is 1. The van der Waals surface area contributed by atoms with Crippen LogP contribution in [-0.2, 0) is 4.74 Å². The molecule has 2 aliphatic heterocycles. The molecule has 2 aromatic heterocycles. The van der Waals surface area contributed by atoms with Gasteiger partial charge in [-0.3, -0.25) is 0 Å². The van der Waals surface area contributed by atoms with Crippen LogP contribution in [0.3, 0.4) is 0 Å². The second-order valence-corrected chi connectivity index (χ2v) is 10.4. The minimum Gasteiger partial charge on any atom is -0.444 e. The summed E-state index contributed by atoms with van der Waals surface area (Å²) in [5, 5.41) is 4.22. The molecule has 4 rings (SSSR count). The Morgan fingerprint density at radius 3 is 2.85 bits per heavy atom. The molecule has 2 fully saturated rings. The first kappa shape index (κ1) is 18.8. The van der Waals surface area contributed by atoms with E-state index in [1.54, 1.807) is 11.3 Å². The van der Waals surface area contributed by atoms with Gasteiger partial charge in [-0.25, -0.2) is 9.78 Å². The number of hydrogen-bond donors (Lipinski definition) is 1. The number of thiophene rings is 1. The molecule has 2 aromatic rings. The number of nitrogens with two attached hydrogens (primary N) is 1. The van der Waals surface area contributed by atoms with Crippen molar-refractivity contribution in [1.29, 1.82) is 0 Å². The number of anilines is 2. The molecule has 0 aliphatic carbocycles. The molecule has 1 amide bonds. The van der Waals surface area contributed by atoms with Crippen LogP contribution in [0, 0.1) is 5.92 Å². The fraction of sp³-hybridized carbons (Fsp3) is 0.556. The van der Waals surface area contributed by atoms with Crippen LogP contribution >= 0.6 is 34.3 Å². The smallest absolute Gasteiger partial charge is 0.410 e. The quantitative estimate of drug-likeness (QED) is 0.762. The van der Waals surface area contributed by atoms with Gasteiger partial charge in [-0.2, -0.15) is 0 Å². The van der Waals surface area contributed by atoms with Crippen molar-refractivity contribution in [2.45, 2.75) is 38.8 Å². The Morgan fingerprint density at radius 1 is 1.41 bits per heavy atom. The Balaban J connectivity index is 1.55. The van der Waals surface area contributed by atoms with E-state index in [2.05, 4.69) is 9.88 Å². The molecule has 6 nitrogen and oxygen atoms in total. The molecule has 2 saturated heterocycles. The summed E-state index contributed by atoms with van der Waals surface area (Å²) in [6, 6.07) is 2.09. The lowest BCUT2D eigenvalue weighted by Crippen LogP contribution is -2.42. The van der Waals surface area contributed by atoms with E-state index >= 15 is 0 Å². The number of ether oxygens (including phenoxy) is 1. The molecular weight excluding hydrogens is 404 g/mol. The lowest BCUT2D eigenvalue weighted by Gasteiger charge is -2.28. The first-order valence-corrected chi connectivity index (χ1v) is 11.0. The van der Waals surface area contributed by atoms with Gasteiger partial charge < -0.3 is 20.3 Å². The highest BCUT2D eigenvalue weighted by atomic mass is 35.5. The van der Waals surface area contributed by atoms with E-state index in [9.17, 15) is 4.79 Å². The van der Waals surface area contributed by atoms with Crippen molar-refractivity contribution in [3.05, 3.63) is 16.5 Å². The Kier molecular flexibility index (Phi) is 4.76. The fourth-order valence-electron chi connectivity index (χ4n) is 3.81. The number of thiazole rings is 1. The molecule has 9 heteroatoms. The zero-order valence-corrected chi connectivity index (χ0v) is 18.0. The lowest BCUT2D eigenvalue weighted by molar-refractivity contribution is 0.0229. The normalized spacial score (nSPS) is 22.4. The lowest BCUT2D eigenvalue weighted by atomic mass is 10.1. The molecule has 27 heavy (non-hydrogen) atoms. The van der Waals surface area contributed by atoms with Crippen LogP contribution in [0.1, 0.15) is 27.2 Å². The second kappa shape index (κ2) is 6.83. The number of halogens is 1. The van der Waals surface area contributed by atoms with Crippen molar-refractivity contribution in [2.75, 3.05) is 30.3 Å². The van der Waals surface area contributed by atoms with Gasteiger partial charge >= 0.3 is 6.09 Å². The van der Waals surface area contributed by atoms with Crippen molar-refractivity contribution in [1.82, 2.24) is 9.88 Å². The monoisotopic (exact) mass is 426 g/mol. The predicted octanol–water partition coefficient (Wildman–Crippen LogP) is 4.55. The van der Waals surface area contributed by atoms with Crippen LogP contribution in [0.25, 0.3) is 10.6 Å². The third-order valence-electron chi connectivity index (χ3n) is 4.89. The van der Waals surface area contributed by atoms with Gasteiger partial charge in [0.15, 0.2) is 5.13 Å². The van der Waals surface area contributed by atoms with E-state index in [0.29, 0.717) is 16.1 Å². The van der Waals surface area contributed by atoms with Crippen LogP contribution in [-0.4, -0.2) is 47.3 Å². The Morgan fingerprint density at radius 2 is 2.19 bits per heavy atom. The Labute approximate surface area is 171 Å². The van der Waals surface area contributed by atoms with E-state index in [1.165, 1.54) is 11.3 Å².